The third kappa shape index (κ3) is 7.94. The molecule has 0 aliphatic heterocycles. The topological polar surface area (TPSA) is 130 Å². The minimum atomic E-state index is -3.97. The van der Waals surface area contributed by atoms with Gasteiger partial charge in [0.05, 0.1) is 27.1 Å². The molecule has 0 unspecified atom stereocenters. The van der Waals surface area contributed by atoms with Crippen LogP contribution < -0.4 is 23.8 Å². The SMILES string of the molecule is COc1ccc(O[C@H]([C@H](Oc2ccc(OC)cc2)c2cnc(N(C)C)nc2)[C@@H](CO)OS(C)(=O)=O)cc1. The van der Waals surface area contributed by atoms with Gasteiger partial charge in [0.15, 0.2) is 12.2 Å². The van der Waals surface area contributed by atoms with Gasteiger partial charge >= 0.3 is 0 Å². The Morgan fingerprint density at radius 1 is 0.838 bits per heavy atom. The minimum Gasteiger partial charge on any atom is -0.497 e. The van der Waals surface area contributed by atoms with Crippen molar-refractivity contribution >= 4 is 16.1 Å². The van der Waals surface area contributed by atoms with Crippen molar-refractivity contribution < 1.29 is 36.7 Å². The Bertz CT molecular complexity index is 1220. The molecule has 0 amide bonds. The van der Waals surface area contributed by atoms with E-state index < -0.39 is 35.0 Å². The normalized spacial score (nSPS) is 13.8. The van der Waals surface area contributed by atoms with Crippen LogP contribution in [0.25, 0.3) is 0 Å². The van der Waals surface area contributed by atoms with E-state index in [4.69, 9.17) is 23.1 Å². The van der Waals surface area contributed by atoms with Crippen molar-refractivity contribution in [2.75, 3.05) is 46.1 Å². The van der Waals surface area contributed by atoms with Gasteiger partial charge in [0.2, 0.25) is 5.95 Å². The van der Waals surface area contributed by atoms with E-state index in [1.54, 1.807) is 87.0 Å². The summed E-state index contributed by atoms with van der Waals surface area (Å²) >= 11 is 0. The fourth-order valence-electron chi connectivity index (χ4n) is 3.39. The van der Waals surface area contributed by atoms with Gasteiger partial charge in [-0.05, 0) is 48.5 Å². The molecule has 0 aliphatic carbocycles. The lowest BCUT2D eigenvalue weighted by atomic mass is 10.0. The van der Waals surface area contributed by atoms with Gasteiger partial charge in [0.1, 0.15) is 29.1 Å². The van der Waals surface area contributed by atoms with Crippen LogP contribution >= 0.6 is 0 Å². The molecule has 1 heterocycles. The molecule has 1 aromatic heterocycles. The summed E-state index contributed by atoms with van der Waals surface area (Å²) in [5.41, 5.74) is 0.468. The monoisotopic (exact) mass is 533 g/mol. The molecule has 0 aliphatic rings. The van der Waals surface area contributed by atoms with Crippen LogP contribution in [-0.2, 0) is 14.3 Å². The minimum absolute atomic E-state index is 0.371. The largest absolute Gasteiger partial charge is 0.497 e. The maximum absolute atomic E-state index is 12.1. The summed E-state index contributed by atoms with van der Waals surface area (Å²) in [7, 11) is 2.73. The summed E-state index contributed by atoms with van der Waals surface area (Å²) in [5, 5.41) is 10.2. The standard InChI is InChI=1S/C25H31N3O8S/c1-28(2)25-26-14-17(15-27-25)23(34-20-10-6-18(32-3)7-11-20)24(22(16-29)36-37(5,30)31)35-21-12-8-19(33-4)9-13-21/h6-15,22-24,29H,16H2,1-5H3/t22-,23-,24+/m1/s1. The molecule has 3 rings (SSSR count). The van der Waals surface area contributed by atoms with Gasteiger partial charge in [0.25, 0.3) is 10.1 Å². The molecule has 0 saturated heterocycles. The molecule has 0 fully saturated rings. The lowest BCUT2D eigenvalue weighted by Gasteiger charge is -2.33. The van der Waals surface area contributed by atoms with Gasteiger partial charge in [-0.15, -0.1) is 0 Å². The van der Waals surface area contributed by atoms with Gasteiger partial charge in [-0.3, -0.25) is 4.18 Å². The van der Waals surface area contributed by atoms with E-state index in [0.717, 1.165) is 6.26 Å². The maximum atomic E-state index is 12.1. The van der Waals surface area contributed by atoms with Gasteiger partial charge in [-0.2, -0.15) is 8.42 Å². The van der Waals surface area contributed by atoms with Crippen LogP contribution in [0.3, 0.4) is 0 Å². The molecule has 200 valence electrons. The van der Waals surface area contributed by atoms with Crippen molar-refractivity contribution in [1.29, 1.82) is 0 Å². The van der Waals surface area contributed by atoms with E-state index in [1.165, 1.54) is 7.11 Å². The number of hydrogen-bond donors (Lipinski definition) is 1. The van der Waals surface area contributed by atoms with Crippen LogP contribution in [-0.4, -0.2) is 76.9 Å². The van der Waals surface area contributed by atoms with Crippen molar-refractivity contribution in [3.63, 3.8) is 0 Å². The number of aromatic nitrogens is 2. The van der Waals surface area contributed by atoms with Crippen molar-refractivity contribution in [3.8, 4) is 23.0 Å². The summed E-state index contributed by atoms with van der Waals surface area (Å²) < 4.78 is 52.3. The third-order valence-corrected chi connectivity index (χ3v) is 5.78. The number of methoxy groups -OCH3 is 2. The van der Waals surface area contributed by atoms with Crippen molar-refractivity contribution in [2.45, 2.75) is 18.3 Å². The predicted molar refractivity (Wildman–Crippen MR) is 137 cm³/mol. The number of benzene rings is 2. The summed E-state index contributed by atoms with van der Waals surface area (Å²) in [5.74, 6) is 2.50. The number of aliphatic hydroxyl groups excluding tert-OH is 1. The highest BCUT2D eigenvalue weighted by Crippen LogP contribution is 2.32. The van der Waals surface area contributed by atoms with Crippen LogP contribution in [0, 0.1) is 0 Å². The predicted octanol–water partition coefficient (Wildman–Crippen LogP) is 2.46. The van der Waals surface area contributed by atoms with E-state index in [0.29, 0.717) is 34.5 Å². The fraction of sp³-hybridized carbons (Fsp3) is 0.360. The lowest BCUT2D eigenvalue weighted by molar-refractivity contribution is -0.0411. The Balaban J connectivity index is 2.08. The van der Waals surface area contributed by atoms with E-state index in [9.17, 15) is 13.5 Å². The molecule has 2 aromatic carbocycles. The molecular formula is C25H31N3O8S. The third-order valence-electron chi connectivity index (χ3n) is 5.18. The second-order valence-corrected chi connectivity index (χ2v) is 9.80. The Kier molecular flexibility index (Phi) is 9.50. The van der Waals surface area contributed by atoms with Crippen LogP contribution in [0.1, 0.15) is 11.7 Å². The summed E-state index contributed by atoms with van der Waals surface area (Å²) in [6.45, 7) is -0.674. The highest BCUT2D eigenvalue weighted by atomic mass is 32.2. The van der Waals surface area contributed by atoms with Gasteiger partial charge in [0, 0.05) is 32.1 Å². The smallest absolute Gasteiger partial charge is 0.264 e. The lowest BCUT2D eigenvalue weighted by Crippen LogP contribution is -2.44. The second-order valence-electron chi connectivity index (χ2n) is 8.20. The van der Waals surface area contributed by atoms with E-state index in [1.807, 2.05) is 0 Å². The number of nitrogens with zero attached hydrogens (tertiary/aromatic N) is 3. The van der Waals surface area contributed by atoms with Gasteiger partial charge in [-0.25, -0.2) is 9.97 Å². The van der Waals surface area contributed by atoms with Crippen LogP contribution in [0.4, 0.5) is 5.95 Å². The molecule has 3 aromatic rings. The number of aliphatic hydroxyl groups is 1. The molecule has 12 heteroatoms. The average Bonchev–Trinajstić information content (AvgIpc) is 2.89. The zero-order chi connectivity index (χ0) is 27.0. The first-order valence-electron chi connectivity index (χ1n) is 11.2. The van der Waals surface area contributed by atoms with Crippen LogP contribution in [0.2, 0.25) is 0 Å². The Labute approximate surface area is 216 Å². The average molecular weight is 534 g/mol. The Morgan fingerprint density at radius 2 is 1.30 bits per heavy atom. The molecule has 37 heavy (non-hydrogen) atoms. The number of anilines is 1. The van der Waals surface area contributed by atoms with E-state index in [2.05, 4.69) is 9.97 Å². The molecule has 0 spiro atoms. The quantitative estimate of drug-likeness (QED) is 0.325. The maximum Gasteiger partial charge on any atom is 0.264 e. The van der Waals surface area contributed by atoms with Crippen molar-refractivity contribution in [3.05, 3.63) is 66.5 Å². The molecule has 1 N–H and O–H groups in total. The first-order valence-corrected chi connectivity index (χ1v) is 13.0. The molecule has 0 saturated carbocycles. The van der Waals surface area contributed by atoms with Gasteiger partial charge < -0.3 is 29.0 Å². The highest BCUT2D eigenvalue weighted by molar-refractivity contribution is 7.86. The zero-order valence-electron chi connectivity index (χ0n) is 21.3. The van der Waals surface area contributed by atoms with Crippen molar-refractivity contribution in [2.24, 2.45) is 0 Å². The van der Waals surface area contributed by atoms with Gasteiger partial charge in [-0.1, -0.05) is 0 Å². The Morgan fingerprint density at radius 3 is 1.70 bits per heavy atom. The summed E-state index contributed by atoms with van der Waals surface area (Å²) in [6.07, 6.45) is 0.531. The van der Waals surface area contributed by atoms with E-state index >= 15 is 0 Å². The fourth-order valence-corrected chi connectivity index (χ4v) is 4.01. The first kappa shape index (κ1) is 28.0. The molecule has 0 radical (unpaired) electrons. The number of rotatable bonds is 13. The van der Waals surface area contributed by atoms with Crippen molar-refractivity contribution in [1.82, 2.24) is 9.97 Å². The molecular weight excluding hydrogens is 502 g/mol. The zero-order valence-corrected chi connectivity index (χ0v) is 22.1. The number of ether oxygens (including phenoxy) is 4. The van der Waals surface area contributed by atoms with E-state index in [-0.39, 0.29) is 0 Å². The first-order chi connectivity index (χ1) is 17.6. The molecule has 0 bridgehead atoms. The second kappa shape index (κ2) is 12.6. The van der Waals surface area contributed by atoms with Crippen LogP contribution in [0.5, 0.6) is 23.0 Å². The summed E-state index contributed by atoms with van der Waals surface area (Å²) in [4.78, 5) is 10.5. The summed E-state index contributed by atoms with van der Waals surface area (Å²) in [6, 6.07) is 13.5. The molecule has 3 atom stereocenters. The highest BCUT2D eigenvalue weighted by Gasteiger charge is 2.38. The number of hydrogen-bond acceptors (Lipinski definition) is 11. The van der Waals surface area contributed by atoms with Crippen LogP contribution in [0.15, 0.2) is 60.9 Å². The molecule has 11 nitrogen and oxygen atoms in total. The Hall–Kier alpha value is -3.61.